The van der Waals surface area contributed by atoms with E-state index in [1.54, 1.807) is 55.3 Å². The number of amides is 2. The maximum absolute atomic E-state index is 12.1. The molecule has 0 aliphatic carbocycles. The molecule has 7 heteroatoms. The summed E-state index contributed by atoms with van der Waals surface area (Å²) in [4.78, 5) is 25.0. The van der Waals surface area contributed by atoms with E-state index in [1.165, 1.54) is 0 Å². The lowest BCUT2D eigenvalue weighted by Crippen LogP contribution is -2.44. The molecule has 26 heavy (non-hydrogen) atoms. The van der Waals surface area contributed by atoms with Crippen LogP contribution in [0.2, 0.25) is 0 Å². The number of hydrazine groups is 1. The van der Waals surface area contributed by atoms with Crippen molar-refractivity contribution in [3.05, 3.63) is 54.1 Å². The zero-order chi connectivity index (χ0) is 18.9. The van der Waals surface area contributed by atoms with Crippen LogP contribution in [0, 0.1) is 0 Å². The Morgan fingerprint density at radius 3 is 2.23 bits per heavy atom. The minimum absolute atomic E-state index is 0.0383. The van der Waals surface area contributed by atoms with E-state index >= 15 is 0 Å². The van der Waals surface area contributed by atoms with Gasteiger partial charge in [0.25, 0.3) is 11.8 Å². The smallest absolute Gasteiger partial charge is 0.269 e. The van der Waals surface area contributed by atoms with Crippen molar-refractivity contribution in [3.63, 3.8) is 0 Å². The average molecular weight is 373 g/mol. The first-order chi connectivity index (χ1) is 12.5. The number of carbonyl (C=O) groups excluding carboxylic acids is 2. The van der Waals surface area contributed by atoms with Gasteiger partial charge in [0.05, 0.1) is 13.7 Å². The molecule has 0 aromatic heterocycles. The van der Waals surface area contributed by atoms with Crippen LogP contribution in [0.3, 0.4) is 0 Å². The molecule has 0 atom stereocenters. The van der Waals surface area contributed by atoms with E-state index in [4.69, 9.17) is 4.74 Å². The highest BCUT2D eigenvalue weighted by molar-refractivity contribution is 7.99. The van der Waals surface area contributed by atoms with Crippen molar-refractivity contribution in [2.75, 3.05) is 19.0 Å². The molecule has 0 fully saturated rings. The van der Waals surface area contributed by atoms with E-state index in [-0.39, 0.29) is 18.4 Å². The summed E-state index contributed by atoms with van der Waals surface area (Å²) < 4.78 is 5.07. The van der Waals surface area contributed by atoms with Crippen LogP contribution >= 0.6 is 11.8 Å². The van der Waals surface area contributed by atoms with Crippen molar-refractivity contribution >= 4 is 29.3 Å². The zero-order valence-corrected chi connectivity index (χ0v) is 15.9. The van der Waals surface area contributed by atoms with Crippen LogP contribution < -0.4 is 20.9 Å². The van der Waals surface area contributed by atoms with Crippen molar-refractivity contribution in [1.82, 2.24) is 10.9 Å². The van der Waals surface area contributed by atoms with Crippen LogP contribution in [0.5, 0.6) is 5.75 Å². The Kier molecular flexibility index (Phi) is 7.35. The minimum atomic E-state index is -0.358. The second-order valence-corrected chi connectivity index (χ2v) is 7.43. The van der Waals surface area contributed by atoms with Gasteiger partial charge in [-0.15, -0.1) is 11.8 Å². The lowest BCUT2D eigenvalue weighted by molar-refractivity contribution is -0.120. The van der Waals surface area contributed by atoms with Crippen LogP contribution in [-0.4, -0.2) is 30.7 Å². The fraction of sp³-hybridized carbons (Fsp3) is 0.263. The van der Waals surface area contributed by atoms with Gasteiger partial charge in [-0.2, -0.15) is 0 Å². The van der Waals surface area contributed by atoms with E-state index < -0.39 is 0 Å². The van der Waals surface area contributed by atoms with Gasteiger partial charge in [0.2, 0.25) is 0 Å². The largest absolute Gasteiger partial charge is 0.497 e. The van der Waals surface area contributed by atoms with Gasteiger partial charge in [0.15, 0.2) is 0 Å². The summed E-state index contributed by atoms with van der Waals surface area (Å²) in [5.41, 5.74) is 6.07. The highest BCUT2D eigenvalue weighted by Crippen LogP contribution is 2.22. The quantitative estimate of drug-likeness (QED) is 0.513. The standard InChI is InChI=1S/C19H23N3O3S/c1-13(2)26-17-10-4-14(5-11-17)19(24)22-21-18(23)12-20-15-6-8-16(25-3)9-7-15/h4-11,13,20H,12H2,1-3H3,(H,21,23)(H,22,24). The molecule has 0 saturated carbocycles. The van der Waals surface area contributed by atoms with Crippen molar-refractivity contribution in [2.24, 2.45) is 0 Å². The molecule has 0 saturated heterocycles. The topological polar surface area (TPSA) is 79.5 Å². The summed E-state index contributed by atoms with van der Waals surface area (Å²) in [5.74, 6) is 0.0372. The van der Waals surface area contributed by atoms with Crippen LogP contribution in [0.4, 0.5) is 5.69 Å². The summed E-state index contributed by atoms with van der Waals surface area (Å²) in [6, 6.07) is 14.5. The second-order valence-electron chi connectivity index (χ2n) is 5.78. The van der Waals surface area contributed by atoms with Gasteiger partial charge in [0, 0.05) is 21.4 Å². The third kappa shape index (κ3) is 6.33. The molecule has 2 aromatic carbocycles. The first kappa shape index (κ1) is 19.7. The number of carbonyl (C=O) groups is 2. The van der Waals surface area contributed by atoms with E-state index in [0.717, 1.165) is 16.3 Å². The summed E-state index contributed by atoms with van der Waals surface area (Å²) in [5, 5.41) is 3.44. The molecule has 2 aromatic rings. The van der Waals surface area contributed by atoms with Gasteiger partial charge >= 0.3 is 0 Å². The van der Waals surface area contributed by atoms with Crippen LogP contribution in [0.25, 0.3) is 0 Å². The number of hydrogen-bond acceptors (Lipinski definition) is 5. The van der Waals surface area contributed by atoms with E-state index in [9.17, 15) is 9.59 Å². The van der Waals surface area contributed by atoms with Crippen LogP contribution in [-0.2, 0) is 4.79 Å². The average Bonchev–Trinajstić information content (AvgIpc) is 2.65. The Balaban J connectivity index is 1.76. The second kappa shape index (κ2) is 9.72. The SMILES string of the molecule is COc1ccc(NCC(=O)NNC(=O)c2ccc(SC(C)C)cc2)cc1. The lowest BCUT2D eigenvalue weighted by Gasteiger charge is -2.10. The first-order valence-corrected chi connectivity index (χ1v) is 9.09. The Bertz CT molecular complexity index is 731. The van der Waals surface area contributed by atoms with Gasteiger partial charge in [0.1, 0.15) is 5.75 Å². The molecule has 0 heterocycles. The third-order valence-electron chi connectivity index (χ3n) is 3.35. The molecular formula is C19H23N3O3S. The number of benzene rings is 2. The molecule has 0 aliphatic rings. The van der Waals surface area contributed by atoms with Gasteiger partial charge < -0.3 is 10.1 Å². The normalized spacial score (nSPS) is 10.3. The van der Waals surface area contributed by atoms with E-state index in [0.29, 0.717) is 10.8 Å². The first-order valence-electron chi connectivity index (χ1n) is 8.21. The van der Waals surface area contributed by atoms with Crippen LogP contribution in [0.15, 0.2) is 53.4 Å². The molecule has 138 valence electrons. The predicted molar refractivity (Wildman–Crippen MR) is 105 cm³/mol. The molecule has 0 spiro atoms. The molecule has 0 radical (unpaired) electrons. The monoisotopic (exact) mass is 373 g/mol. The predicted octanol–water partition coefficient (Wildman–Crippen LogP) is 3.07. The fourth-order valence-corrected chi connectivity index (χ4v) is 2.93. The van der Waals surface area contributed by atoms with Crippen molar-refractivity contribution in [2.45, 2.75) is 24.0 Å². The Morgan fingerprint density at radius 1 is 1.00 bits per heavy atom. The molecular weight excluding hydrogens is 350 g/mol. The van der Waals surface area contributed by atoms with Gasteiger partial charge in [-0.1, -0.05) is 13.8 Å². The summed E-state index contributed by atoms with van der Waals surface area (Å²) in [6.45, 7) is 4.26. The Hall–Kier alpha value is -2.67. The maximum Gasteiger partial charge on any atom is 0.269 e. The third-order valence-corrected chi connectivity index (χ3v) is 4.36. The Labute approximate surface area is 157 Å². The molecule has 6 nitrogen and oxygen atoms in total. The van der Waals surface area contributed by atoms with Crippen molar-refractivity contribution in [3.8, 4) is 5.75 Å². The molecule has 2 amide bonds. The molecule has 3 N–H and O–H groups in total. The van der Waals surface area contributed by atoms with Crippen LogP contribution in [0.1, 0.15) is 24.2 Å². The number of nitrogens with one attached hydrogen (secondary N) is 3. The maximum atomic E-state index is 12.1. The van der Waals surface area contributed by atoms with Gasteiger partial charge in [-0.05, 0) is 48.5 Å². The highest BCUT2D eigenvalue weighted by Gasteiger charge is 2.08. The number of rotatable bonds is 7. The lowest BCUT2D eigenvalue weighted by atomic mass is 10.2. The van der Waals surface area contributed by atoms with E-state index in [2.05, 4.69) is 30.0 Å². The fourth-order valence-electron chi connectivity index (χ4n) is 2.09. The number of hydrogen-bond donors (Lipinski definition) is 3. The Morgan fingerprint density at radius 2 is 1.65 bits per heavy atom. The van der Waals surface area contributed by atoms with Gasteiger partial charge in [-0.25, -0.2) is 0 Å². The summed E-state index contributed by atoms with van der Waals surface area (Å²) >= 11 is 1.73. The molecule has 0 unspecified atom stereocenters. The molecule has 0 bridgehead atoms. The summed E-state index contributed by atoms with van der Waals surface area (Å²) in [6.07, 6.45) is 0. The summed E-state index contributed by atoms with van der Waals surface area (Å²) in [7, 11) is 1.59. The van der Waals surface area contributed by atoms with Crippen molar-refractivity contribution in [1.29, 1.82) is 0 Å². The van der Waals surface area contributed by atoms with Gasteiger partial charge in [-0.3, -0.25) is 20.4 Å². The van der Waals surface area contributed by atoms with E-state index in [1.807, 2.05) is 12.1 Å². The highest BCUT2D eigenvalue weighted by atomic mass is 32.2. The number of methoxy groups -OCH3 is 1. The molecule has 0 aliphatic heterocycles. The number of thioether (sulfide) groups is 1. The minimum Gasteiger partial charge on any atom is -0.497 e. The molecule has 2 rings (SSSR count). The zero-order valence-electron chi connectivity index (χ0n) is 15.0. The van der Waals surface area contributed by atoms with Crippen molar-refractivity contribution < 1.29 is 14.3 Å². The number of ether oxygens (including phenoxy) is 1. The number of anilines is 1.